The number of anilines is 3. The molecule has 2 N–H and O–H groups in total. The van der Waals surface area contributed by atoms with Gasteiger partial charge in [-0.15, -0.1) is 6.42 Å². The van der Waals surface area contributed by atoms with Gasteiger partial charge in [0.2, 0.25) is 11.9 Å². The summed E-state index contributed by atoms with van der Waals surface area (Å²) in [7, 11) is 1.57. The Morgan fingerprint density at radius 2 is 1.73 bits per heavy atom. The molecule has 0 amide bonds. The zero-order chi connectivity index (χ0) is 23.0. The second kappa shape index (κ2) is 10.9. The summed E-state index contributed by atoms with van der Waals surface area (Å²) < 4.78 is 11.2. The first kappa shape index (κ1) is 22.7. The standard InChI is InChI=1S/C25H26ClN5O2/c1-3-17-10-8-9-13-21(17)33-25-30-23(27-18-11-6-4-5-7-12-18)29-24(31-25)28-19-14-15-22(32-2)20(26)16-19/h1,8-10,13-16,18H,4-7,11-12H2,2H3,(H2,27,28,29,30,31). The van der Waals surface area contributed by atoms with Crippen LogP contribution >= 0.6 is 11.6 Å². The summed E-state index contributed by atoms with van der Waals surface area (Å²) in [5.41, 5.74) is 1.33. The van der Waals surface area contributed by atoms with Gasteiger partial charge in [-0.25, -0.2) is 0 Å². The first-order chi connectivity index (χ1) is 16.1. The van der Waals surface area contributed by atoms with Crippen LogP contribution in [0.15, 0.2) is 42.5 Å². The Labute approximate surface area is 198 Å². The molecule has 1 saturated carbocycles. The maximum absolute atomic E-state index is 6.27. The summed E-state index contributed by atoms with van der Waals surface area (Å²) in [6.45, 7) is 0. The van der Waals surface area contributed by atoms with Crippen molar-refractivity contribution in [2.75, 3.05) is 17.7 Å². The monoisotopic (exact) mass is 463 g/mol. The molecule has 2 aromatic carbocycles. The highest BCUT2D eigenvalue weighted by molar-refractivity contribution is 6.32. The minimum atomic E-state index is 0.144. The molecule has 0 spiro atoms. The molecule has 3 aromatic rings. The van der Waals surface area contributed by atoms with E-state index in [1.165, 1.54) is 25.7 Å². The van der Waals surface area contributed by atoms with Crippen LogP contribution in [-0.4, -0.2) is 28.1 Å². The van der Waals surface area contributed by atoms with Crippen LogP contribution in [0.25, 0.3) is 0 Å². The number of terminal acetylenes is 1. The van der Waals surface area contributed by atoms with Crippen LogP contribution in [0.1, 0.15) is 44.1 Å². The van der Waals surface area contributed by atoms with Gasteiger partial charge >= 0.3 is 6.01 Å². The molecular weight excluding hydrogens is 438 g/mol. The molecule has 1 heterocycles. The third-order valence-electron chi connectivity index (χ3n) is 5.46. The normalized spacial score (nSPS) is 14.1. The van der Waals surface area contributed by atoms with E-state index in [4.69, 9.17) is 27.5 Å². The van der Waals surface area contributed by atoms with Crippen LogP contribution < -0.4 is 20.1 Å². The molecule has 0 atom stereocenters. The maximum Gasteiger partial charge on any atom is 0.328 e. The number of benzene rings is 2. The average Bonchev–Trinajstić information content (AvgIpc) is 3.08. The molecule has 170 valence electrons. The van der Waals surface area contributed by atoms with Crippen molar-refractivity contribution < 1.29 is 9.47 Å². The molecule has 0 radical (unpaired) electrons. The number of nitrogens with one attached hydrogen (secondary N) is 2. The largest absolute Gasteiger partial charge is 0.495 e. The summed E-state index contributed by atoms with van der Waals surface area (Å²) in [4.78, 5) is 13.5. The zero-order valence-electron chi connectivity index (χ0n) is 18.5. The molecule has 33 heavy (non-hydrogen) atoms. The topological polar surface area (TPSA) is 81.2 Å². The molecule has 0 aliphatic heterocycles. The van der Waals surface area contributed by atoms with Gasteiger partial charge in [-0.1, -0.05) is 55.3 Å². The smallest absolute Gasteiger partial charge is 0.328 e. The highest BCUT2D eigenvalue weighted by Gasteiger charge is 2.16. The number of hydrogen-bond donors (Lipinski definition) is 2. The first-order valence-electron chi connectivity index (χ1n) is 11.0. The van der Waals surface area contributed by atoms with Crippen LogP contribution in [0.2, 0.25) is 5.02 Å². The summed E-state index contributed by atoms with van der Waals surface area (Å²) in [5, 5.41) is 7.12. The van der Waals surface area contributed by atoms with Gasteiger partial charge in [-0.05, 0) is 43.2 Å². The van der Waals surface area contributed by atoms with E-state index >= 15 is 0 Å². The fraction of sp³-hybridized carbons (Fsp3) is 0.320. The summed E-state index contributed by atoms with van der Waals surface area (Å²) in [6.07, 6.45) is 12.7. The Morgan fingerprint density at radius 3 is 2.45 bits per heavy atom. The number of methoxy groups -OCH3 is 1. The van der Waals surface area contributed by atoms with E-state index in [-0.39, 0.29) is 6.01 Å². The van der Waals surface area contributed by atoms with Gasteiger partial charge in [0, 0.05) is 11.7 Å². The van der Waals surface area contributed by atoms with Crippen molar-refractivity contribution >= 4 is 29.2 Å². The zero-order valence-corrected chi connectivity index (χ0v) is 19.2. The van der Waals surface area contributed by atoms with E-state index < -0.39 is 0 Å². The van der Waals surface area contributed by atoms with Gasteiger partial charge in [0.05, 0.1) is 17.7 Å². The lowest BCUT2D eigenvalue weighted by Gasteiger charge is -2.17. The van der Waals surface area contributed by atoms with Gasteiger partial charge in [-0.3, -0.25) is 0 Å². The number of rotatable bonds is 7. The van der Waals surface area contributed by atoms with Crippen LogP contribution in [0.5, 0.6) is 17.5 Å². The van der Waals surface area contributed by atoms with Crippen molar-refractivity contribution in [1.29, 1.82) is 0 Å². The molecular formula is C25H26ClN5O2. The Balaban J connectivity index is 1.63. The molecule has 0 saturated heterocycles. The summed E-state index contributed by atoms with van der Waals surface area (Å²) >= 11 is 6.27. The second-order valence-corrected chi connectivity index (χ2v) is 8.22. The van der Waals surface area contributed by atoms with Crippen LogP contribution in [0.3, 0.4) is 0 Å². The lowest BCUT2D eigenvalue weighted by molar-refractivity contribution is 0.415. The van der Waals surface area contributed by atoms with Crippen molar-refractivity contribution in [3.63, 3.8) is 0 Å². The van der Waals surface area contributed by atoms with Crippen LogP contribution in [-0.2, 0) is 0 Å². The predicted molar refractivity (Wildman–Crippen MR) is 131 cm³/mol. The summed E-state index contributed by atoms with van der Waals surface area (Å²) in [5.74, 6) is 4.49. The third-order valence-corrected chi connectivity index (χ3v) is 5.75. The van der Waals surface area contributed by atoms with Crippen molar-refractivity contribution in [3.05, 3.63) is 53.1 Å². The molecule has 4 rings (SSSR count). The van der Waals surface area contributed by atoms with Crippen LogP contribution in [0.4, 0.5) is 17.6 Å². The maximum atomic E-state index is 6.27. The Morgan fingerprint density at radius 1 is 0.970 bits per heavy atom. The lowest BCUT2D eigenvalue weighted by atomic mass is 10.1. The van der Waals surface area contributed by atoms with Gasteiger partial charge < -0.3 is 20.1 Å². The number of aromatic nitrogens is 3. The molecule has 8 heteroatoms. The molecule has 0 bridgehead atoms. The van der Waals surface area contributed by atoms with Gasteiger partial charge in [0.25, 0.3) is 0 Å². The molecule has 1 fully saturated rings. The van der Waals surface area contributed by atoms with E-state index in [0.29, 0.717) is 45.7 Å². The molecule has 1 aliphatic rings. The Kier molecular flexibility index (Phi) is 7.48. The number of ether oxygens (including phenoxy) is 2. The van der Waals surface area contributed by atoms with Crippen molar-refractivity contribution in [1.82, 2.24) is 15.0 Å². The number of halogens is 1. The third kappa shape index (κ3) is 6.05. The highest BCUT2D eigenvalue weighted by atomic mass is 35.5. The van der Waals surface area contributed by atoms with Gasteiger partial charge in [-0.2, -0.15) is 15.0 Å². The highest BCUT2D eigenvalue weighted by Crippen LogP contribution is 2.30. The number of para-hydroxylation sites is 1. The SMILES string of the molecule is C#Cc1ccccc1Oc1nc(Nc2ccc(OC)c(Cl)c2)nc(NC2CCCCCC2)n1. The Bertz CT molecular complexity index is 1140. The second-order valence-electron chi connectivity index (χ2n) is 7.81. The van der Waals surface area contributed by atoms with Gasteiger partial charge in [0.1, 0.15) is 11.5 Å². The van der Waals surface area contributed by atoms with E-state index in [0.717, 1.165) is 12.8 Å². The number of nitrogens with zero attached hydrogens (tertiary/aromatic N) is 3. The van der Waals surface area contributed by atoms with Crippen molar-refractivity contribution in [2.45, 2.75) is 44.6 Å². The fourth-order valence-electron chi connectivity index (χ4n) is 3.78. The van der Waals surface area contributed by atoms with E-state index in [1.807, 2.05) is 18.2 Å². The Hall–Kier alpha value is -3.50. The van der Waals surface area contributed by atoms with Crippen LogP contribution in [0, 0.1) is 12.3 Å². The van der Waals surface area contributed by atoms with E-state index in [1.54, 1.807) is 31.4 Å². The summed E-state index contributed by atoms with van der Waals surface area (Å²) in [6, 6.07) is 13.1. The van der Waals surface area contributed by atoms with Crippen molar-refractivity contribution in [2.24, 2.45) is 0 Å². The minimum absolute atomic E-state index is 0.144. The molecule has 1 aromatic heterocycles. The lowest BCUT2D eigenvalue weighted by Crippen LogP contribution is -2.20. The average molecular weight is 464 g/mol. The van der Waals surface area contributed by atoms with Gasteiger partial charge in [0.15, 0.2) is 0 Å². The quantitative estimate of drug-likeness (QED) is 0.319. The predicted octanol–water partition coefficient (Wildman–Crippen LogP) is 6.19. The first-order valence-corrected chi connectivity index (χ1v) is 11.4. The van der Waals surface area contributed by atoms with E-state index in [9.17, 15) is 0 Å². The molecule has 1 aliphatic carbocycles. The van der Waals surface area contributed by atoms with E-state index in [2.05, 4.69) is 31.5 Å². The van der Waals surface area contributed by atoms with Crippen molar-refractivity contribution in [3.8, 4) is 29.9 Å². The fourth-order valence-corrected chi connectivity index (χ4v) is 4.03. The number of hydrogen-bond acceptors (Lipinski definition) is 7. The molecule has 0 unspecified atom stereocenters. The minimum Gasteiger partial charge on any atom is -0.495 e. The molecule has 7 nitrogen and oxygen atoms in total.